The summed E-state index contributed by atoms with van der Waals surface area (Å²) in [6, 6.07) is 14.0. The largest absolute Gasteiger partial charge is 0.396 e. The Morgan fingerprint density at radius 3 is 2.71 bits per heavy atom. The van der Waals surface area contributed by atoms with E-state index >= 15 is 0 Å². The number of anilines is 2. The van der Waals surface area contributed by atoms with Crippen molar-refractivity contribution >= 4 is 23.0 Å². The molecule has 2 nitrogen and oxygen atoms in total. The van der Waals surface area contributed by atoms with Gasteiger partial charge in [-0.05, 0) is 24.6 Å². The minimum Gasteiger partial charge on any atom is -0.396 e. The van der Waals surface area contributed by atoms with Gasteiger partial charge < -0.3 is 11.1 Å². The maximum atomic E-state index is 5.96. The Bertz CT molecular complexity index is 523. The van der Waals surface area contributed by atoms with Gasteiger partial charge in [-0.15, -0.1) is 0 Å². The molecule has 88 valence electrons. The van der Waals surface area contributed by atoms with Gasteiger partial charge in [0.25, 0.3) is 0 Å². The van der Waals surface area contributed by atoms with Crippen LogP contribution in [-0.2, 0) is 6.54 Å². The van der Waals surface area contributed by atoms with Crippen LogP contribution < -0.4 is 11.1 Å². The summed E-state index contributed by atoms with van der Waals surface area (Å²) in [6.45, 7) is 2.82. The number of halogens is 1. The molecule has 17 heavy (non-hydrogen) atoms. The molecular weight excluding hydrogens is 232 g/mol. The molecule has 2 aromatic carbocycles. The number of hydrogen-bond acceptors (Lipinski definition) is 2. The lowest BCUT2D eigenvalue weighted by Gasteiger charge is -2.10. The standard InChI is InChI=1S/C14H15ClN2/c1-10-4-2-5-11(8-10)9-17-13-7-3-6-12(15)14(13)16/h2-8,17H,9,16H2,1H3. The summed E-state index contributed by atoms with van der Waals surface area (Å²) in [7, 11) is 0. The lowest BCUT2D eigenvalue weighted by Crippen LogP contribution is -2.02. The lowest BCUT2D eigenvalue weighted by molar-refractivity contribution is 1.14. The molecular formula is C14H15ClN2. The van der Waals surface area contributed by atoms with Crippen molar-refractivity contribution in [2.45, 2.75) is 13.5 Å². The van der Waals surface area contributed by atoms with E-state index in [0.717, 1.165) is 12.2 Å². The number of aryl methyl sites for hydroxylation is 1. The van der Waals surface area contributed by atoms with E-state index in [9.17, 15) is 0 Å². The zero-order valence-electron chi connectivity index (χ0n) is 9.70. The zero-order valence-corrected chi connectivity index (χ0v) is 10.5. The molecule has 3 heteroatoms. The molecule has 0 heterocycles. The van der Waals surface area contributed by atoms with Crippen LogP contribution in [0.5, 0.6) is 0 Å². The van der Waals surface area contributed by atoms with Gasteiger partial charge in [-0.3, -0.25) is 0 Å². The number of nitrogens with two attached hydrogens (primary N) is 1. The number of nitrogens with one attached hydrogen (secondary N) is 1. The van der Waals surface area contributed by atoms with Crippen molar-refractivity contribution < 1.29 is 0 Å². The third kappa shape index (κ3) is 2.92. The van der Waals surface area contributed by atoms with E-state index in [-0.39, 0.29) is 0 Å². The molecule has 0 bridgehead atoms. The summed E-state index contributed by atoms with van der Waals surface area (Å²) in [5, 5.41) is 3.87. The molecule has 0 aliphatic rings. The van der Waals surface area contributed by atoms with Crippen LogP contribution in [0.2, 0.25) is 5.02 Å². The van der Waals surface area contributed by atoms with Crippen LogP contribution in [-0.4, -0.2) is 0 Å². The molecule has 2 rings (SSSR count). The topological polar surface area (TPSA) is 38.0 Å². The SMILES string of the molecule is Cc1cccc(CNc2cccc(Cl)c2N)c1. The number of para-hydroxylation sites is 1. The maximum absolute atomic E-state index is 5.96. The van der Waals surface area contributed by atoms with Crippen molar-refractivity contribution in [2.24, 2.45) is 0 Å². The van der Waals surface area contributed by atoms with Crippen LogP contribution in [0.25, 0.3) is 0 Å². The Labute approximate surface area is 106 Å². The van der Waals surface area contributed by atoms with Crippen molar-refractivity contribution in [3.63, 3.8) is 0 Å². The summed E-state index contributed by atoms with van der Waals surface area (Å²) in [4.78, 5) is 0. The van der Waals surface area contributed by atoms with Gasteiger partial charge in [0, 0.05) is 6.54 Å². The average Bonchev–Trinajstić information content (AvgIpc) is 2.31. The van der Waals surface area contributed by atoms with Gasteiger partial charge in [-0.1, -0.05) is 47.5 Å². The van der Waals surface area contributed by atoms with Gasteiger partial charge in [0.05, 0.1) is 16.4 Å². The molecule has 0 radical (unpaired) electrons. The first kappa shape index (κ1) is 11.8. The van der Waals surface area contributed by atoms with E-state index in [1.807, 2.05) is 18.2 Å². The van der Waals surface area contributed by atoms with Crippen LogP contribution in [0.4, 0.5) is 11.4 Å². The quantitative estimate of drug-likeness (QED) is 0.808. The molecule has 0 aromatic heterocycles. The fourth-order valence-electron chi connectivity index (χ4n) is 1.71. The highest BCUT2D eigenvalue weighted by Crippen LogP contribution is 2.27. The van der Waals surface area contributed by atoms with Crippen molar-refractivity contribution in [3.8, 4) is 0 Å². The van der Waals surface area contributed by atoms with Gasteiger partial charge in [-0.25, -0.2) is 0 Å². The van der Waals surface area contributed by atoms with E-state index in [4.69, 9.17) is 17.3 Å². The highest BCUT2D eigenvalue weighted by atomic mass is 35.5. The summed E-state index contributed by atoms with van der Waals surface area (Å²) in [6.07, 6.45) is 0. The fourth-order valence-corrected chi connectivity index (χ4v) is 1.89. The second-order valence-corrected chi connectivity index (χ2v) is 4.45. The van der Waals surface area contributed by atoms with Gasteiger partial charge in [-0.2, -0.15) is 0 Å². The molecule has 0 fully saturated rings. The Morgan fingerprint density at radius 1 is 1.18 bits per heavy atom. The van der Waals surface area contributed by atoms with Crippen LogP contribution >= 0.6 is 11.6 Å². The van der Waals surface area contributed by atoms with Crippen molar-refractivity contribution in [3.05, 3.63) is 58.6 Å². The van der Waals surface area contributed by atoms with Crippen molar-refractivity contribution in [2.75, 3.05) is 11.1 Å². The Hall–Kier alpha value is -1.67. The maximum Gasteiger partial charge on any atom is 0.0739 e. The van der Waals surface area contributed by atoms with E-state index in [1.165, 1.54) is 11.1 Å². The molecule has 0 spiro atoms. The summed E-state index contributed by atoms with van der Waals surface area (Å²) in [5.74, 6) is 0. The molecule has 0 aliphatic heterocycles. The number of rotatable bonds is 3. The molecule has 0 atom stereocenters. The van der Waals surface area contributed by atoms with Crippen molar-refractivity contribution in [1.82, 2.24) is 0 Å². The molecule has 0 saturated carbocycles. The van der Waals surface area contributed by atoms with Crippen LogP contribution in [0.1, 0.15) is 11.1 Å². The second-order valence-electron chi connectivity index (χ2n) is 4.04. The molecule has 3 N–H and O–H groups in total. The summed E-state index contributed by atoms with van der Waals surface area (Å²) < 4.78 is 0. The third-order valence-electron chi connectivity index (χ3n) is 2.62. The van der Waals surface area contributed by atoms with E-state index < -0.39 is 0 Å². The van der Waals surface area contributed by atoms with E-state index in [0.29, 0.717) is 10.7 Å². The second kappa shape index (κ2) is 5.11. The lowest BCUT2D eigenvalue weighted by atomic mass is 10.1. The van der Waals surface area contributed by atoms with E-state index in [1.54, 1.807) is 6.07 Å². The van der Waals surface area contributed by atoms with Crippen LogP contribution in [0.15, 0.2) is 42.5 Å². The molecule has 0 aliphatic carbocycles. The Balaban J connectivity index is 2.10. The summed E-state index contributed by atoms with van der Waals surface area (Å²) in [5.41, 5.74) is 9.83. The number of nitrogen functional groups attached to an aromatic ring is 1. The molecule has 0 unspecified atom stereocenters. The van der Waals surface area contributed by atoms with Gasteiger partial charge in [0.15, 0.2) is 0 Å². The monoisotopic (exact) mass is 246 g/mol. The molecule has 0 saturated heterocycles. The third-order valence-corrected chi connectivity index (χ3v) is 2.95. The van der Waals surface area contributed by atoms with Crippen LogP contribution in [0, 0.1) is 6.92 Å². The number of hydrogen-bond donors (Lipinski definition) is 2. The normalized spacial score (nSPS) is 10.2. The molecule has 0 amide bonds. The van der Waals surface area contributed by atoms with Gasteiger partial charge in [0.2, 0.25) is 0 Å². The smallest absolute Gasteiger partial charge is 0.0739 e. The Kier molecular flexibility index (Phi) is 3.55. The first-order valence-corrected chi connectivity index (χ1v) is 5.88. The number of benzene rings is 2. The van der Waals surface area contributed by atoms with E-state index in [2.05, 4.69) is 30.4 Å². The van der Waals surface area contributed by atoms with Gasteiger partial charge >= 0.3 is 0 Å². The summed E-state index contributed by atoms with van der Waals surface area (Å²) >= 11 is 5.96. The predicted molar refractivity (Wildman–Crippen MR) is 74.4 cm³/mol. The fraction of sp³-hybridized carbons (Fsp3) is 0.143. The highest BCUT2D eigenvalue weighted by molar-refractivity contribution is 6.33. The highest BCUT2D eigenvalue weighted by Gasteiger charge is 2.02. The van der Waals surface area contributed by atoms with Crippen molar-refractivity contribution in [1.29, 1.82) is 0 Å². The Morgan fingerprint density at radius 2 is 1.94 bits per heavy atom. The molecule has 2 aromatic rings. The minimum atomic E-state index is 0.583. The zero-order chi connectivity index (χ0) is 12.3. The predicted octanol–water partition coefficient (Wildman–Crippen LogP) is 3.84. The minimum absolute atomic E-state index is 0.583. The van der Waals surface area contributed by atoms with Gasteiger partial charge in [0.1, 0.15) is 0 Å². The first-order chi connectivity index (χ1) is 8.16. The average molecular weight is 247 g/mol. The van der Waals surface area contributed by atoms with Crippen LogP contribution in [0.3, 0.4) is 0 Å². The first-order valence-electron chi connectivity index (χ1n) is 5.50.